The van der Waals surface area contributed by atoms with Crippen LogP contribution in [0.25, 0.3) is 0 Å². The van der Waals surface area contributed by atoms with Crippen molar-refractivity contribution >= 4 is 5.97 Å². The van der Waals surface area contributed by atoms with Gasteiger partial charge in [0.25, 0.3) is 0 Å². The number of rotatable bonds is 4. The first kappa shape index (κ1) is 10.4. The fraction of sp³-hybridized carbons (Fsp3) is 0.889. The number of alkyl halides is 2. The molecule has 1 aliphatic carbocycles. The molecule has 0 amide bonds. The van der Waals surface area contributed by atoms with Gasteiger partial charge in [0.2, 0.25) is 6.43 Å². The first-order chi connectivity index (χ1) is 6.13. The molecule has 0 radical (unpaired) electrons. The van der Waals surface area contributed by atoms with E-state index >= 15 is 0 Å². The lowest BCUT2D eigenvalue weighted by Crippen LogP contribution is -2.32. The Balaban J connectivity index is 2.14. The second-order valence-electron chi connectivity index (χ2n) is 3.41. The molecule has 1 aliphatic rings. The van der Waals surface area contributed by atoms with Crippen LogP contribution in [-0.2, 0) is 9.53 Å². The Kier molecular flexibility index (Phi) is 3.63. The summed E-state index contributed by atoms with van der Waals surface area (Å²) in [6.07, 6.45) is -1.17. The van der Waals surface area contributed by atoms with Gasteiger partial charge in [-0.25, -0.2) is 8.78 Å². The molecule has 0 spiro atoms. The van der Waals surface area contributed by atoms with Crippen LogP contribution in [0.2, 0.25) is 0 Å². The monoisotopic (exact) mass is 192 g/mol. The standard InChI is InChI=1S/C9H14F2O2/c1-2-13-9(12)7-3-6(4-7)5-8(10)11/h6-8H,2-5H2,1H3. The quantitative estimate of drug-likeness (QED) is 0.638. The van der Waals surface area contributed by atoms with E-state index in [1.807, 2.05) is 0 Å². The number of hydrogen-bond acceptors (Lipinski definition) is 2. The van der Waals surface area contributed by atoms with Crippen molar-refractivity contribution in [1.82, 2.24) is 0 Å². The van der Waals surface area contributed by atoms with Crippen LogP contribution in [0.1, 0.15) is 26.2 Å². The van der Waals surface area contributed by atoms with Gasteiger partial charge in [-0.15, -0.1) is 0 Å². The third-order valence-electron chi connectivity index (χ3n) is 2.37. The lowest BCUT2D eigenvalue weighted by molar-refractivity contribution is -0.153. The van der Waals surface area contributed by atoms with E-state index in [4.69, 9.17) is 4.74 Å². The number of ether oxygens (including phenoxy) is 1. The van der Waals surface area contributed by atoms with Gasteiger partial charge in [0.05, 0.1) is 12.5 Å². The number of halogens is 2. The predicted molar refractivity (Wildman–Crippen MR) is 43.5 cm³/mol. The molecule has 0 bridgehead atoms. The Morgan fingerprint density at radius 1 is 1.54 bits per heavy atom. The van der Waals surface area contributed by atoms with Gasteiger partial charge in [0, 0.05) is 6.42 Å². The topological polar surface area (TPSA) is 26.3 Å². The Labute approximate surface area is 76.3 Å². The van der Waals surface area contributed by atoms with E-state index < -0.39 is 6.43 Å². The summed E-state index contributed by atoms with van der Waals surface area (Å²) in [5.74, 6) is -0.328. The molecule has 0 aromatic heterocycles. The van der Waals surface area contributed by atoms with Crippen molar-refractivity contribution in [2.45, 2.75) is 32.6 Å². The second kappa shape index (κ2) is 4.53. The van der Waals surface area contributed by atoms with Crippen molar-refractivity contribution < 1.29 is 18.3 Å². The maximum absolute atomic E-state index is 11.9. The van der Waals surface area contributed by atoms with Gasteiger partial charge in [0.15, 0.2) is 0 Å². The number of carbonyl (C=O) groups is 1. The molecule has 2 nitrogen and oxygen atoms in total. The summed E-state index contributed by atoms with van der Waals surface area (Å²) in [7, 11) is 0. The van der Waals surface area contributed by atoms with Crippen LogP contribution in [0.3, 0.4) is 0 Å². The predicted octanol–water partition coefficient (Wildman–Crippen LogP) is 2.23. The van der Waals surface area contributed by atoms with Gasteiger partial charge < -0.3 is 4.74 Å². The van der Waals surface area contributed by atoms with Gasteiger partial charge in [-0.2, -0.15) is 0 Å². The molecule has 0 aliphatic heterocycles. The average molecular weight is 192 g/mol. The SMILES string of the molecule is CCOC(=O)C1CC(CC(F)F)C1. The minimum atomic E-state index is -2.24. The summed E-state index contributed by atoms with van der Waals surface area (Å²) in [6.45, 7) is 2.11. The van der Waals surface area contributed by atoms with Crippen LogP contribution in [0.4, 0.5) is 8.78 Å². The molecule has 0 aromatic carbocycles. The fourth-order valence-corrected chi connectivity index (χ4v) is 1.63. The summed E-state index contributed by atoms with van der Waals surface area (Å²) >= 11 is 0. The minimum absolute atomic E-state index is 0.0226. The zero-order valence-corrected chi connectivity index (χ0v) is 7.63. The Morgan fingerprint density at radius 2 is 2.15 bits per heavy atom. The molecule has 1 saturated carbocycles. The summed E-state index contributed by atoms with van der Waals surface area (Å²) in [4.78, 5) is 11.0. The fourth-order valence-electron chi connectivity index (χ4n) is 1.63. The van der Waals surface area contributed by atoms with Crippen molar-refractivity contribution in [3.05, 3.63) is 0 Å². The lowest BCUT2D eigenvalue weighted by atomic mass is 9.73. The van der Waals surface area contributed by atoms with Gasteiger partial charge in [-0.3, -0.25) is 4.79 Å². The maximum atomic E-state index is 11.9. The molecule has 76 valence electrons. The smallest absolute Gasteiger partial charge is 0.308 e. The zero-order chi connectivity index (χ0) is 9.84. The van der Waals surface area contributed by atoms with Gasteiger partial charge in [-0.1, -0.05) is 0 Å². The third kappa shape index (κ3) is 2.94. The first-order valence-electron chi connectivity index (χ1n) is 4.58. The molecule has 0 heterocycles. The number of carbonyl (C=O) groups excluding carboxylic acids is 1. The summed E-state index contributed by atoms with van der Waals surface area (Å²) in [5, 5.41) is 0. The number of hydrogen-bond donors (Lipinski definition) is 0. The van der Waals surface area contributed by atoms with Gasteiger partial charge >= 0.3 is 5.97 Å². The van der Waals surface area contributed by atoms with E-state index in [9.17, 15) is 13.6 Å². The Bertz CT molecular complexity index is 176. The van der Waals surface area contributed by atoms with Crippen LogP contribution < -0.4 is 0 Å². The highest BCUT2D eigenvalue weighted by molar-refractivity contribution is 5.73. The van der Waals surface area contributed by atoms with Crippen molar-refractivity contribution in [1.29, 1.82) is 0 Å². The van der Waals surface area contributed by atoms with Gasteiger partial charge in [0.1, 0.15) is 0 Å². The molecule has 0 aromatic rings. The van der Waals surface area contributed by atoms with Crippen LogP contribution in [0, 0.1) is 11.8 Å². The number of esters is 1. The van der Waals surface area contributed by atoms with Crippen molar-refractivity contribution in [3.8, 4) is 0 Å². The molecule has 1 rings (SSSR count). The normalized spacial score (nSPS) is 27.1. The van der Waals surface area contributed by atoms with E-state index in [0.29, 0.717) is 19.4 Å². The van der Waals surface area contributed by atoms with Crippen LogP contribution in [-0.4, -0.2) is 19.0 Å². The molecule has 4 heteroatoms. The summed E-state index contributed by atoms with van der Waals surface area (Å²) in [6, 6.07) is 0. The highest BCUT2D eigenvalue weighted by Crippen LogP contribution is 2.38. The average Bonchev–Trinajstić information content (AvgIpc) is 1.95. The highest BCUT2D eigenvalue weighted by Gasteiger charge is 2.36. The molecule has 0 unspecified atom stereocenters. The molecular weight excluding hydrogens is 178 g/mol. The van der Waals surface area contributed by atoms with Crippen molar-refractivity contribution in [3.63, 3.8) is 0 Å². The minimum Gasteiger partial charge on any atom is -0.466 e. The molecule has 1 fully saturated rings. The highest BCUT2D eigenvalue weighted by atomic mass is 19.3. The molecule has 0 saturated heterocycles. The molecule has 0 atom stereocenters. The first-order valence-corrected chi connectivity index (χ1v) is 4.58. The Morgan fingerprint density at radius 3 is 2.62 bits per heavy atom. The van der Waals surface area contributed by atoms with Crippen molar-refractivity contribution in [2.75, 3.05) is 6.61 Å². The van der Waals surface area contributed by atoms with Gasteiger partial charge in [-0.05, 0) is 25.7 Å². The largest absolute Gasteiger partial charge is 0.466 e. The third-order valence-corrected chi connectivity index (χ3v) is 2.37. The van der Waals surface area contributed by atoms with E-state index in [-0.39, 0.29) is 24.2 Å². The van der Waals surface area contributed by atoms with E-state index in [0.717, 1.165) is 0 Å². The molecular formula is C9H14F2O2. The Hall–Kier alpha value is -0.670. The summed E-state index contributed by atoms with van der Waals surface area (Å²) < 4.78 is 28.5. The second-order valence-corrected chi connectivity index (χ2v) is 3.41. The zero-order valence-electron chi connectivity index (χ0n) is 7.63. The van der Waals surface area contributed by atoms with E-state index in [1.165, 1.54) is 0 Å². The van der Waals surface area contributed by atoms with E-state index in [2.05, 4.69) is 0 Å². The van der Waals surface area contributed by atoms with Crippen molar-refractivity contribution in [2.24, 2.45) is 11.8 Å². The van der Waals surface area contributed by atoms with Crippen LogP contribution in [0.15, 0.2) is 0 Å². The van der Waals surface area contributed by atoms with Crippen LogP contribution >= 0.6 is 0 Å². The molecule has 0 N–H and O–H groups in total. The van der Waals surface area contributed by atoms with Crippen LogP contribution in [0.5, 0.6) is 0 Å². The lowest BCUT2D eigenvalue weighted by Gasteiger charge is -2.33. The van der Waals surface area contributed by atoms with E-state index in [1.54, 1.807) is 6.92 Å². The molecule has 13 heavy (non-hydrogen) atoms. The summed E-state index contributed by atoms with van der Waals surface area (Å²) in [5.41, 5.74) is 0. The maximum Gasteiger partial charge on any atom is 0.308 e.